The summed E-state index contributed by atoms with van der Waals surface area (Å²) in [4.78, 5) is 134. The molecule has 0 spiro atoms. The van der Waals surface area contributed by atoms with Gasteiger partial charge in [0, 0.05) is 62.9 Å². The Bertz CT molecular complexity index is 2400. The van der Waals surface area contributed by atoms with Crippen molar-refractivity contribution in [2.45, 2.75) is 108 Å². The third-order valence-electron chi connectivity index (χ3n) is 11.1. The predicted molar refractivity (Wildman–Crippen MR) is 258 cm³/mol. The summed E-state index contributed by atoms with van der Waals surface area (Å²) in [7, 11) is 0. The number of aromatic amines is 1. The zero-order valence-electron chi connectivity index (χ0n) is 39.0. The molecule has 0 radical (unpaired) electrons. The Balaban J connectivity index is 1.74. The maximum atomic E-state index is 14.4. The fraction of sp³-hybridized carbons (Fsp3) is 0.444. The molecule has 70 heavy (non-hydrogen) atoms. The Morgan fingerprint density at radius 1 is 0.714 bits per heavy atom. The van der Waals surface area contributed by atoms with Crippen LogP contribution in [-0.4, -0.2) is 132 Å². The molecular formula is C45H64N16O9. The van der Waals surface area contributed by atoms with E-state index in [4.69, 9.17) is 28.7 Å². The van der Waals surface area contributed by atoms with E-state index in [-0.39, 0.29) is 70.0 Å². The van der Waals surface area contributed by atoms with Crippen molar-refractivity contribution in [1.29, 1.82) is 0 Å². The summed E-state index contributed by atoms with van der Waals surface area (Å²) in [5, 5.41) is 21.4. The minimum absolute atomic E-state index is 0.0354. The van der Waals surface area contributed by atoms with Gasteiger partial charge in [0.15, 0.2) is 11.9 Å². The first-order valence-electron chi connectivity index (χ1n) is 22.7. The number of para-hydroxylation sites is 1. The van der Waals surface area contributed by atoms with Crippen LogP contribution in [0.1, 0.15) is 63.5 Å². The Kier molecular flexibility index (Phi) is 20.9. The third-order valence-corrected chi connectivity index (χ3v) is 11.1. The van der Waals surface area contributed by atoms with Crippen LogP contribution in [-0.2, 0) is 56.0 Å². The first-order valence-corrected chi connectivity index (χ1v) is 22.7. The van der Waals surface area contributed by atoms with Crippen molar-refractivity contribution in [3.63, 3.8) is 0 Å². The molecular weight excluding hydrogens is 909 g/mol. The number of H-pyrrole nitrogens is 1. The molecule has 19 N–H and O–H groups in total. The van der Waals surface area contributed by atoms with E-state index in [0.717, 1.165) is 10.9 Å². The summed E-state index contributed by atoms with van der Waals surface area (Å²) in [6.45, 7) is 2.13. The average molecular weight is 973 g/mol. The molecule has 1 aromatic heterocycles. The molecule has 0 aliphatic carbocycles. The highest BCUT2D eigenvalue weighted by molar-refractivity contribution is 5.98. The molecule has 25 heteroatoms. The first-order chi connectivity index (χ1) is 33.3. The zero-order valence-corrected chi connectivity index (χ0v) is 39.0. The minimum atomic E-state index is -1.56. The average Bonchev–Trinajstić information content (AvgIpc) is 3.72. The van der Waals surface area contributed by atoms with Gasteiger partial charge in [-0.1, -0.05) is 48.5 Å². The molecule has 0 saturated carbocycles. The van der Waals surface area contributed by atoms with Gasteiger partial charge in [0.2, 0.25) is 53.2 Å². The largest absolute Gasteiger partial charge is 0.370 e. The number of nitrogens with zero attached hydrogens (tertiary/aromatic N) is 2. The Hall–Kier alpha value is -8.25. The fourth-order valence-corrected chi connectivity index (χ4v) is 7.42. The van der Waals surface area contributed by atoms with E-state index in [0.29, 0.717) is 11.1 Å². The number of primary amides is 1. The molecule has 0 bridgehead atoms. The second-order valence-corrected chi connectivity index (χ2v) is 16.7. The lowest BCUT2D eigenvalue weighted by molar-refractivity contribution is -0.135. The highest BCUT2D eigenvalue weighted by atomic mass is 16.2. The molecule has 7 atom stereocenters. The van der Waals surface area contributed by atoms with E-state index in [2.05, 4.69) is 57.5 Å². The van der Waals surface area contributed by atoms with E-state index in [1.54, 1.807) is 42.6 Å². The number of guanidine groups is 2. The van der Waals surface area contributed by atoms with Crippen molar-refractivity contribution < 1.29 is 43.2 Å². The second-order valence-electron chi connectivity index (χ2n) is 16.7. The van der Waals surface area contributed by atoms with Crippen LogP contribution in [0.4, 0.5) is 0 Å². The van der Waals surface area contributed by atoms with Crippen LogP contribution >= 0.6 is 0 Å². The van der Waals surface area contributed by atoms with Crippen LogP contribution in [0.3, 0.4) is 0 Å². The number of benzene rings is 2. The first kappa shape index (κ1) is 54.4. The lowest BCUT2D eigenvalue weighted by atomic mass is 10.0. The summed E-state index contributed by atoms with van der Waals surface area (Å²) in [6.07, 6.45) is 1.09. The van der Waals surface area contributed by atoms with Crippen LogP contribution in [0.15, 0.2) is 70.8 Å². The van der Waals surface area contributed by atoms with E-state index in [1.807, 2.05) is 18.2 Å². The maximum Gasteiger partial charge on any atom is 0.245 e. The summed E-state index contributed by atoms with van der Waals surface area (Å²) < 4.78 is 0. The van der Waals surface area contributed by atoms with Gasteiger partial charge in [0.1, 0.15) is 42.3 Å². The van der Waals surface area contributed by atoms with Gasteiger partial charge >= 0.3 is 0 Å². The number of aromatic nitrogens is 1. The van der Waals surface area contributed by atoms with Crippen molar-refractivity contribution in [3.8, 4) is 0 Å². The Labute approximate surface area is 403 Å². The number of hydrogen-bond donors (Lipinski definition) is 14. The number of aliphatic imine (C=N–C) groups is 2. The van der Waals surface area contributed by atoms with Crippen LogP contribution in [0.2, 0.25) is 0 Å². The van der Waals surface area contributed by atoms with Crippen molar-refractivity contribution in [2.24, 2.45) is 38.7 Å². The Morgan fingerprint density at radius 2 is 1.31 bits per heavy atom. The zero-order chi connectivity index (χ0) is 51.3. The van der Waals surface area contributed by atoms with Crippen molar-refractivity contribution in [2.75, 3.05) is 19.6 Å². The summed E-state index contributed by atoms with van der Waals surface area (Å²) in [6, 6.07) is 6.21. The molecule has 3 aromatic rings. The fourth-order valence-electron chi connectivity index (χ4n) is 7.42. The molecule has 1 saturated heterocycles. The second kappa shape index (κ2) is 26.9. The number of amides is 9. The van der Waals surface area contributed by atoms with Crippen molar-refractivity contribution in [3.05, 3.63) is 71.9 Å². The molecule has 2 aromatic carbocycles. The third kappa shape index (κ3) is 17.8. The highest BCUT2D eigenvalue weighted by Crippen LogP contribution is 2.20. The molecule has 9 amide bonds. The molecule has 1 aliphatic rings. The topological polar surface area (TPSA) is 420 Å². The van der Waals surface area contributed by atoms with Gasteiger partial charge in [0.05, 0.1) is 0 Å². The number of carbonyl (C=O) groups excluding carboxylic acids is 9. The maximum absolute atomic E-state index is 14.4. The van der Waals surface area contributed by atoms with Crippen LogP contribution in [0.25, 0.3) is 10.9 Å². The SMILES string of the molecule is CC(=O)N[C@@H](CCCN=C(N)N)C(=O)N[C@H]1CNC(=O)CC[C@@H](C(N)=O)NC(=O)[C@H](Cc2c[nH]c3ccccc23)NC(=O)[C@H](CCCN=C(N)N)NC(=O)[C@@H](Cc2ccccc2)NC(=O)[C@@H](C)NC1=O. The normalized spacial score (nSPS) is 21.4. The van der Waals surface area contributed by atoms with Gasteiger partial charge in [0.25, 0.3) is 0 Å². The van der Waals surface area contributed by atoms with E-state index < -0.39 is 108 Å². The minimum Gasteiger partial charge on any atom is -0.370 e. The molecule has 378 valence electrons. The molecule has 25 nitrogen and oxygen atoms in total. The number of hydrogen-bond acceptors (Lipinski definition) is 11. The monoisotopic (exact) mass is 973 g/mol. The van der Waals surface area contributed by atoms with Gasteiger partial charge in [-0.15, -0.1) is 0 Å². The van der Waals surface area contributed by atoms with Gasteiger partial charge in [-0.3, -0.25) is 53.1 Å². The number of carbonyl (C=O) groups is 9. The Morgan fingerprint density at radius 3 is 1.99 bits per heavy atom. The molecule has 0 unspecified atom stereocenters. The highest BCUT2D eigenvalue weighted by Gasteiger charge is 2.34. The summed E-state index contributed by atoms with van der Waals surface area (Å²) in [5.41, 5.74) is 29.6. The van der Waals surface area contributed by atoms with Crippen molar-refractivity contribution >= 4 is 76.0 Å². The quantitative estimate of drug-likeness (QED) is 0.0369. The molecule has 2 heterocycles. The standard InChI is InChI=1S/C45H64N16O9/c1-24-38(65)59-33(20-26-10-4-3-5-11-26)41(68)58-32(15-9-19-52-45(49)50)40(67)60-34(21-27-22-53-29-13-7-6-12-28(27)29)42(69)57-30(37(46)64)16-17-36(63)54-23-35(43(70)55-24)61-39(66)31(56-25(2)62)14-8-18-51-44(47)48/h3-7,10-13,22,24,30-35,53H,8-9,14-21,23H2,1-2H3,(H2,46,64)(H,54,63)(H,55,70)(H,56,62)(H,57,69)(H,58,68)(H,59,65)(H,60,67)(H,61,66)(H4,47,48,51)(H4,49,50,52)/t24-,30+,31+,32+,33-,34+,35+/m1/s1. The van der Waals surface area contributed by atoms with Gasteiger partial charge in [-0.2, -0.15) is 0 Å². The van der Waals surface area contributed by atoms with Crippen LogP contribution < -0.4 is 71.2 Å². The predicted octanol–water partition coefficient (Wildman–Crippen LogP) is -4.11. The van der Waals surface area contributed by atoms with Gasteiger partial charge in [-0.25, -0.2) is 0 Å². The molecule has 1 fully saturated rings. The van der Waals surface area contributed by atoms with Gasteiger partial charge < -0.3 is 76.2 Å². The lowest BCUT2D eigenvalue weighted by Gasteiger charge is -2.27. The smallest absolute Gasteiger partial charge is 0.245 e. The van der Waals surface area contributed by atoms with E-state index >= 15 is 0 Å². The number of rotatable bonds is 16. The summed E-state index contributed by atoms with van der Waals surface area (Å²) in [5.74, 6) is -7.80. The lowest BCUT2D eigenvalue weighted by Crippen LogP contribution is -2.61. The number of fused-ring (bicyclic) bond motifs is 1. The van der Waals surface area contributed by atoms with E-state index in [9.17, 15) is 43.2 Å². The van der Waals surface area contributed by atoms with Gasteiger partial charge in [-0.05, 0) is 56.2 Å². The van der Waals surface area contributed by atoms with Crippen LogP contribution in [0, 0.1) is 0 Å². The van der Waals surface area contributed by atoms with Crippen molar-refractivity contribution in [1.82, 2.24) is 47.5 Å². The summed E-state index contributed by atoms with van der Waals surface area (Å²) >= 11 is 0. The molecule has 4 rings (SSSR count). The van der Waals surface area contributed by atoms with Crippen LogP contribution in [0.5, 0.6) is 0 Å². The number of nitrogens with one attached hydrogen (secondary N) is 9. The molecule has 1 aliphatic heterocycles. The van der Waals surface area contributed by atoms with E-state index in [1.165, 1.54) is 13.8 Å². The number of nitrogens with two attached hydrogens (primary N) is 5.